The lowest BCUT2D eigenvalue weighted by atomic mass is 10.0. The van der Waals surface area contributed by atoms with Crippen LogP contribution >= 0.6 is 0 Å². The van der Waals surface area contributed by atoms with Crippen LogP contribution in [0, 0.1) is 5.92 Å². The molecule has 0 unspecified atom stereocenters. The zero-order valence-electron chi connectivity index (χ0n) is 13.0. The number of aryl methyl sites for hydroxylation is 1. The molecule has 21 heavy (non-hydrogen) atoms. The normalized spacial score (nSPS) is 17.5. The van der Waals surface area contributed by atoms with Crippen molar-refractivity contribution < 1.29 is 13.2 Å². The number of hydrogen-bond donors (Lipinski definition) is 1. The van der Waals surface area contributed by atoms with E-state index in [4.69, 9.17) is 4.74 Å². The highest BCUT2D eigenvalue weighted by atomic mass is 32.2. The third-order valence-corrected chi connectivity index (χ3v) is 5.79. The van der Waals surface area contributed by atoms with Crippen LogP contribution in [0.2, 0.25) is 0 Å². The Kier molecular flexibility index (Phi) is 5.43. The van der Waals surface area contributed by atoms with Crippen molar-refractivity contribution in [1.82, 2.24) is 14.2 Å². The Morgan fingerprint density at radius 2 is 2.10 bits per heavy atom. The Hall–Kier alpha value is -0.890. The number of rotatable bonds is 6. The first kappa shape index (κ1) is 16.5. The first-order chi connectivity index (χ1) is 9.95. The van der Waals surface area contributed by atoms with Gasteiger partial charge in [0.15, 0.2) is 0 Å². The van der Waals surface area contributed by atoms with Crippen molar-refractivity contribution >= 4 is 10.0 Å². The second kappa shape index (κ2) is 6.91. The minimum absolute atomic E-state index is 0.366. The summed E-state index contributed by atoms with van der Waals surface area (Å²) in [6.07, 6.45) is 3.54. The summed E-state index contributed by atoms with van der Waals surface area (Å²) in [5.74, 6) is 0.388. The van der Waals surface area contributed by atoms with Crippen LogP contribution in [0.25, 0.3) is 0 Å². The van der Waals surface area contributed by atoms with Crippen molar-refractivity contribution in [3.05, 3.63) is 18.0 Å². The van der Waals surface area contributed by atoms with Gasteiger partial charge in [-0.05, 0) is 31.9 Å². The molecule has 7 heteroatoms. The summed E-state index contributed by atoms with van der Waals surface area (Å²) in [6.45, 7) is 2.67. The average Bonchev–Trinajstić information content (AvgIpc) is 2.82. The fourth-order valence-electron chi connectivity index (χ4n) is 2.65. The molecule has 1 aromatic heterocycles. The number of hydrogen-bond acceptors (Lipinski definition) is 4. The molecule has 0 atom stereocenters. The van der Waals surface area contributed by atoms with Gasteiger partial charge in [0.2, 0.25) is 10.0 Å². The minimum atomic E-state index is -3.41. The molecule has 1 saturated heterocycles. The zero-order valence-corrected chi connectivity index (χ0v) is 13.8. The minimum Gasteiger partial charge on any atom is -0.381 e. The Labute approximate surface area is 127 Å². The van der Waals surface area contributed by atoms with E-state index in [0.717, 1.165) is 31.7 Å². The molecule has 1 N–H and O–H groups in total. The maximum Gasteiger partial charge on any atom is 0.244 e. The van der Waals surface area contributed by atoms with Crippen LogP contribution in [0.15, 0.2) is 17.2 Å². The summed E-state index contributed by atoms with van der Waals surface area (Å²) >= 11 is 0. The fraction of sp³-hybridized carbons (Fsp3) is 0.714. The average molecular weight is 315 g/mol. The molecule has 1 fully saturated rings. The summed E-state index contributed by atoms with van der Waals surface area (Å²) in [6, 6.07) is 1.74. The summed E-state index contributed by atoms with van der Waals surface area (Å²) in [5.41, 5.74) is 0.954. The molecule has 6 nitrogen and oxygen atoms in total. The molecule has 2 heterocycles. The monoisotopic (exact) mass is 315 g/mol. The second-order valence-electron chi connectivity index (χ2n) is 5.65. The van der Waals surface area contributed by atoms with Crippen molar-refractivity contribution in [2.24, 2.45) is 13.0 Å². The van der Waals surface area contributed by atoms with Gasteiger partial charge in [-0.15, -0.1) is 0 Å². The highest BCUT2D eigenvalue weighted by Gasteiger charge is 2.26. The standard InChI is InChI=1S/C14H25N3O3S/c1-15-9-13-8-14(11-16(13)2)21(18,19)17(3)10-12-4-6-20-7-5-12/h8,11-12,15H,4-7,9-10H2,1-3H3. The Bertz CT molecular complexity index is 562. The molecule has 1 aliphatic heterocycles. The van der Waals surface area contributed by atoms with Crippen molar-refractivity contribution in [2.75, 3.05) is 33.9 Å². The van der Waals surface area contributed by atoms with Gasteiger partial charge >= 0.3 is 0 Å². The molecule has 1 aromatic rings. The molecule has 120 valence electrons. The van der Waals surface area contributed by atoms with Crippen molar-refractivity contribution in [1.29, 1.82) is 0 Å². The molecule has 0 radical (unpaired) electrons. The van der Waals surface area contributed by atoms with E-state index in [0.29, 0.717) is 23.9 Å². The highest BCUT2D eigenvalue weighted by Crippen LogP contribution is 2.21. The van der Waals surface area contributed by atoms with E-state index >= 15 is 0 Å². The van der Waals surface area contributed by atoms with Crippen LogP contribution < -0.4 is 5.32 Å². The smallest absolute Gasteiger partial charge is 0.244 e. The Balaban J connectivity index is 2.10. The highest BCUT2D eigenvalue weighted by molar-refractivity contribution is 7.89. The first-order valence-electron chi connectivity index (χ1n) is 7.29. The van der Waals surface area contributed by atoms with Gasteiger partial charge in [-0.2, -0.15) is 0 Å². The van der Waals surface area contributed by atoms with Crippen LogP contribution in [0.4, 0.5) is 0 Å². The van der Waals surface area contributed by atoms with Crippen LogP contribution in [0.1, 0.15) is 18.5 Å². The number of ether oxygens (including phenoxy) is 1. The van der Waals surface area contributed by atoms with Gasteiger partial charge < -0.3 is 14.6 Å². The molecular formula is C14H25N3O3S. The molecule has 0 aromatic carbocycles. The van der Waals surface area contributed by atoms with E-state index in [1.807, 2.05) is 18.7 Å². The second-order valence-corrected chi connectivity index (χ2v) is 7.69. The van der Waals surface area contributed by atoms with Crippen LogP contribution in [-0.4, -0.2) is 51.1 Å². The maximum absolute atomic E-state index is 12.6. The van der Waals surface area contributed by atoms with Gasteiger partial charge in [-0.3, -0.25) is 0 Å². The fourth-order valence-corrected chi connectivity index (χ4v) is 3.99. The van der Waals surface area contributed by atoms with Gasteiger partial charge in [0, 0.05) is 52.3 Å². The lowest BCUT2D eigenvalue weighted by Crippen LogP contribution is -2.34. The topological polar surface area (TPSA) is 63.6 Å². The third-order valence-electron chi connectivity index (χ3n) is 4.01. The predicted molar refractivity (Wildman–Crippen MR) is 81.5 cm³/mol. The van der Waals surface area contributed by atoms with Crippen molar-refractivity contribution in [2.45, 2.75) is 24.3 Å². The quantitative estimate of drug-likeness (QED) is 0.843. The van der Waals surface area contributed by atoms with E-state index < -0.39 is 10.0 Å². The Morgan fingerprint density at radius 3 is 2.71 bits per heavy atom. The number of sulfonamides is 1. The van der Waals surface area contributed by atoms with Gasteiger partial charge in [0.25, 0.3) is 0 Å². The summed E-state index contributed by atoms with van der Waals surface area (Å²) in [7, 11) is 1.96. The number of nitrogens with one attached hydrogen (secondary N) is 1. The molecule has 0 aliphatic carbocycles. The van der Waals surface area contributed by atoms with E-state index in [2.05, 4.69) is 5.32 Å². The van der Waals surface area contributed by atoms with Crippen molar-refractivity contribution in [3.63, 3.8) is 0 Å². The largest absolute Gasteiger partial charge is 0.381 e. The van der Waals surface area contributed by atoms with Crippen LogP contribution in [0.3, 0.4) is 0 Å². The van der Waals surface area contributed by atoms with E-state index in [9.17, 15) is 8.42 Å². The summed E-state index contributed by atoms with van der Waals surface area (Å²) in [5, 5.41) is 3.04. The molecule has 0 bridgehead atoms. The first-order valence-corrected chi connectivity index (χ1v) is 8.73. The van der Waals surface area contributed by atoms with Gasteiger partial charge in [0.1, 0.15) is 4.90 Å². The molecular weight excluding hydrogens is 290 g/mol. The SMILES string of the molecule is CNCc1cc(S(=O)(=O)N(C)CC2CCOCC2)cn1C. The molecule has 2 rings (SSSR count). The number of aromatic nitrogens is 1. The zero-order chi connectivity index (χ0) is 15.5. The van der Waals surface area contributed by atoms with Gasteiger partial charge in [0.05, 0.1) is 0 Å². The number of nitrogens with zero attached hydrogens (tertiary/aromatic N) is 2. The van der Waals surface area contributed by atoms with Gasteiger partial charge in [-0.1, -0.05) is 0 Å². The molecule has 0 amide bonds. The van der Waals surface area contributed by atoms with Crippen LogP contribution in [0.5, 0.6) is 0 Å². The molecule has 0 saturated carbocycles. The van der Waals surface area contributed by atoms with E-state index in [-0.39, 0.29) is 0 Å². The lowest BCUT2D eigenvalue weighted by molar-refractivity contribution is 0.0620. The van der Waals surface area contributed by atoms with Crippen LogP contribution in [-0.2, 0) is 28.4 Å². The summed E-state index contributed by atoms with van der Waals surface area (Å²) < 4.78 is 33.9. The Morgan fingerprint density at radius 1 is 1.43 bits per heavy atom. The van der Waals surface area contributed by atoms with E-state index in [1.165, 1.54) is 4.31 Å². The van der Waals surface area contributed by atoms with E-state index in [1.54, 1.807) is 19.3 Å². The third kappa shape index (κ3) is 3.85. The maximum atomic E-state index is 12.6. The summed E-state index contributed by atoms with van der Waals surface area (Å²) in [4.78, 5) is 0.366. The molecule has 0 spiro atoms. The van der Waals surface area contributed by atoms with Crippen molar-refractivity contribution in [3.8, 4) is 0 Å². The lowest BCUT2D eigenvalue weighted by Gasteiger charge is -2.26. The van der Waals surface area contributed by atoms with Gasteiger partial charge in [-0.25, -0.2) is 12.7 Å². The molecule has 1 aliphatic rings. The predicted octanol–water partition coefficient (Wildman–Crippen LogP) is 0.792.